The Morgan fingerprint density at radius 3 is 2.53 bits per heavy atom. The van der Waals surface area contributed by atoms with Crippen molar-refractivity contribution in [2.24, 2.45) is 7.05 Å². The van der Waals surface area contributed by atoms with Crippen LogP contribution in [0.2, 0.25) is 5.15 Å². The Kier molecular flexibility index (Phi) is 3.15. The summed E-state index contributed by atoms with van der Waals surface area (Å²) in [5.41, 5.74) is 2.72. The Morgan fingerprint density at radius 1 is 1.29 bits per heavy atom. The largest absolute Gasteiger partial charge is 0.275 e. The molecular weight excluding hydrogens is 236 g/mol. The lowest BCUT2D eigenvalue weighted by Gasteiger charge is -2.09. The molecule has 0 N–H and O–H groups in total. The van der Waals surface area contributed by atoms with Gasteiger partial charge in [0, 0.05) is 30.3 Å². The van der Waals surface area contributed by atoms with Crippen molar-refractivity contribution in [3.63, 3.8) is 0 Å². The fourth-order valence-electron chi connectivity index (χ4n) is 1.59. The zero-order valence-corrected chi connectivity index (χ0v) is 11.2. The van der Waals surface area contributed by atoms with Gasteiger partial charge in [-0.3, -0.25) is 4.68 Å². The molecule has 0 radical (unpaired) electrons. The predicted molar refractivity (Wildman–Crippen MR) is 68.1 cm³/mol. The molecule has 2 rings (SSSR count). The van der Waals surface area contributed by atoms with E-state index in [0.717, 1.165) is 22.6 Å². The maximum Gasteiger partial charge on any atom is 0.136 e. The summed E-state index contributed by atoms with van der Waals surface area (Å²) in [5, 5.41) is 4.67. The summed E-state index contributed by atoms with van der Waals surface area (Å²) < 4.78 is 1.75. The topological polar surface area (TPSA) is 43.6 Å². The van der Waals surface area contributed by atoms with Gasteiger partial charge in [0.15, 0.2) is 0 Å². The zero-order chi connectivity index (χ0) is 12.6. The first-order valence-electron chi connectivity index (χ1n) is 5.52. The summed E-state index contributed by atoms with van der Waals surface area (Å²) in [7, 11) is 1.88. The van der Waals surface area contributed by atoms with Crippen LogP contribution in [0.15, 0.2) is 12.4 Å². The van der Waals surface area contributed by atoms with E-state index in [9.17, 15) is 0 Å². The van der Waals surface area contributed by atoms with Gasteiger partial charge < -0.3 is 0 Å². The predicted octanol–water partition coefficient (Wildman–Crippen LogP) is 2.96. The van der Waals surface area contributed by atoms with Crippen molar-refractivity contribution < 1.29 is 0 Å². The van der Waals surface area contributed by atoms with Crippen LogP contribution in [-0.4, -0.2) is 19.7 Å². The molecule has 0 fully saturated rings. The first kappa shape index (κ1) is 12.0. The third-order valence-corrected chi connectivity index (χ3v) is 2.97. The lowest BCUT2D eigenvalue weighted by molar-refractivity contribution is 0.767. The van der Waals surface area contributed by atoms with E-state index in [2.05, 4.69) is 15.1 Å². The molecule has 0 spiro atoms. The Balaban J connectivity index is 2.60. The van der Waals surface area contributed by atoms with Gasteiger partial charge in [-0.15, -0.1) is 0 Å². The molecule has 0 aliphatic heterocycles. The van der Waals surface area contributed by atoms with Crippen molar-refractivity contribution in [2.45, 2.75) is 26.7 Å². The third-order valence-electron chi connectivity index (χ3n) is 2.60. The number of aromatic nitrogens is 4. The van der Waals surface area contributed by atoms with Gasteiger partial charge in [-0.05, 0) is 6.92 Å². The number of halogens is 1. The highest BCUT2D eigenvalue weighted by Gasteiger charge is 2.14. The molecule has 0 amide bonds. The maximum absolute atomic E-state index is 6.14. The maximum atomic E-state index is 6.14. The molecule has 2 aromatic heterocycles. The SMILES string of the molecule is Cc1c(Cl)nc(C(C)C)nc1-c1cnn(C)c1. The van der Waals surface area contributed by atoms with E-state index in [1.807, 2.05) is 34.0 Å². The quantitative estimate of drug-likeness (QED) is 0.770. The molecule has 2 heterocycles. The van der Waals surface area contributed by atoms with Gasteiger partial charge in [-0.25, -0.2) is 9.97 Å². The molecule has 0 aliphatic rings. The molecule has 90 valence electrons. The van der Waals surface area contributed by atoms with Crippen LogP contribution in [0.5, 0.6) is 0 Å². The van der Waals surface area contributed by atoms with Crippen LogP contribution in [0, 0.1) is 6.92 Å². The van der Waals surface area contributed by atoms with E-state index in [1.165, 1.54) is 0 Å². The van der Waals surface area contributed by atoms with Gasteiger partial charge in [0.1, 0.15) is 11.0 Å². The molecule has 0 aliphatic carbocycles. The fourth-order valence-corrected chi connectivity index (χ4v) is 1.76. The number of hydrogen-bond acceptors (Lipinski definition) is 3. The lowest BCUT2D eigenvalue weighted by atomic mass is 10.1. The Hall–Kier alpha value is -1.42. The van der Waals surface area contributed by atoms with Gasteiger partial charge in [0.25, 0.3) is 0 Å². The molecular formula is C12H15ClN4. The molecule has 0 bridgehead atoms. The second-order valence-corrected chi connectivity index (χ2v) is 4.76. The zero-order valence-electron chi connectivity index (χ0n) is 10.4. The first-order chi connectivity index (χ1) is 7.99. The minimum Gasteiger partial charge on any atom is -0.275 e. The Labute approximate surface area is 106 Å². The van der Waals surface area contributed by atoms with Crippen LogP contribution >= 0.6 is 11.6 Å². The van der Waals surface area contributed by atoms with Crippen LogP contribution in [-0.2, 0) is 7.05 Å². The number of hydrogen-bond donors (Lipinski definition) is 0. The average molecular weight is 251 g/mol. The normalized spacial score (nSPS) is 11.2. The Bertz CT molecular complexity index is 545. The van der Waals surface area contributed by atoms with Gasteiger partial charge in [0.2, 0.25) is 0 Å². The molecule has 2 aromatic rings. The van der Waals surface area contributed by atoms with Gasteiger partial charge >= 0.3 is 0 Å². The molecule has 5 heteroatoms. The third kappa shape index (κ3) is 2.31. The van der Waals surface area contributed by atoms with Gasteiger partial charge in [-0.2, -0.15) is 5.10 Å². The molecule has 4 nitrogen and oxygen atoms in total. The van der Waals surface area contributed by atoms with E-state index in [0.29, 0.717) is 5.15 Å². The standard InChI is InChI=1S/C12H15ClN4/c1-7(2)12-15-10(8(3)11(13)16-12)9-5-14-17(4)6-9/h5-7H,1-4H3. The van der Waals surface area contributed by atoms with E-state index >= 15 is 0 Å². The molecule has 0 unspecified atom stereocenters. The highest BCUT2D eigenvalue weighted by molar-refractivity contribution is 6.30. The summed E-state index contributed by atoms with van der Waals surface area (Å²) in [4.78, 5) is 8.86. The van der Waals surface area contributed by atoms with E-state index in [1.54, 1.807) is 10.9 Å². The molecule has 17 heavy (non-hydrogen) atoms. The number of nitrogens with zero attached hydrogens (tertiary/aromatic N) is 4. The van der Waals surface area contributed by atoms with E-state index in [4.69, 9.17) is 11.6 Å². The lowest BCUT2D eigenvalue weighted by Crippen LogP contribution is -2.02. The highest BCUT2D eigenvalue weighted by Crippen LogP contribution is 2.26. The summed E-state index contributed by atoms with van der Waals surface area (Å²) in [5.74, 6) is 1.02. The second kappa shape index (κ2) is 4.45. The number of aryl methyl sites for hydroxylation is 1. The second-order valence-electron chi connectivity index (χ2n) is 4.40. The monoisotopic (exact) mass is 250 g/mol. The average Bonchev–Trinajstić information content (AvgIpc) is 2.68. The minimum absolute atomic E-state index is 0.253. The molecule has 0 saturated carbocycles. The molecule has 0 saturated heterocycles. The molecule has 0 atom stereocenters. The highest BCUT2D eigenvalue weighted by atomic mass is 35.5. The van der Waals surface area contributed by atoms with Crippen LogP contribution in [0.3, 0.4) is 0 Å². The fraction of sp³-hybridized carbons (Fsp3) is 0.417. The van der Waals surface area contributed by atoms with Crippen LogP contribution < -0.4 is 0 Å². The smallest absolute Gasteiger partial charge is 0.136 e. The van der Waals surface area contributed by atoms with Gasteiger partial charge in [-0.1, -0.05) is 25.4 Å². The van der Waals surface area contributed by atoms with Crippen molar-refractivity contribution in [1.82, 2.24) is 19.7 Å². The summed E-state index contributed by atoms with van der Waals surface area (Å²) in [6.45, 7) is 6.02. The minimum atomic E-state index is 0.253. The van der Waals surface area contributed by atoms with Crippen LogP contribution in [0.1, 0.15) is 31.2 Å². The first-order valence-corrected chi connectivity index (χ1v) is 5.90. The van der Waals surface area contributed by atoms with Crippen molar-refractivity contribution in [3.8, 4) is 11.3 Å². The Morgan fingerprint density at radius 2 is 2.00 bits per heavy atom. The van der Waals surface area contributed by atoms with Crippen molar-refractivity contribution in [1.29, 1.82) is 0 Å². The van der Waals surface area contributed by atoms with E-state index < -0.39 is 0 Å². The van der Waals surface area contributed by atoms with E-state index in [-0.39, 0.29) is 5.92 Å². The van der Waals surface area contributed by atoms with Crippen molar-refractivity contribution >= 4 is 11.6 Å². The molecule has 0 aromatic carbocycles. The summed E-state index contributed by atoms with van der Waals surface area (Å²) in [6.07, 6.45) is 3.71. The van der Waals surface area contributed by atoms with Crippen molar-refractivity contribution in [2.75, 3.05) is 0 Å². The summed E-state index contributed by atoms with van der Waals surface area (Å²) >= 11 is 6.14. The van der Waals surface area contributed by atoms with Crippen molar-refractivity contribution in [3.05, 3.63) is 28.9 Å². The summed E-state index contributed by atoms with van der Waals surface area (Å²) in [6, 6.07) is 0. The van der Waals surface area contributed by atoms with Crippen LogP contribution in [0.4, 0.5) is 0 Å². The van der Waals surface area contributed by atoms with Crippen LogP contribution in [0.25, 0.3) is 11.3 Å². The van der Waals surface area contributed by atoms with Gasteiger partial charge in [0.05, 0.1) is 11.9 Å². The number of rotatable bonds is 2.